The molecule has 3 fully saturated rings. The minimum Gasteiger partial charge on any atom is -0.313 e. The van der Waals surface area contributed by atoms with Gasteiger partial charge in [0, 0.05) is 52.1 Å². The second-order valence-electron chi connectivity index (χ2n) is 16.3. The first-order chi connectivity index (χ1) is 28.5. The highest BCUT2D eigenvalue weighted by Gasteiger charge is 2.91. The van der Waals surface area contributed by atoms with Crippen molar-refractivity contribution in [2.75, 3.05) is 0 Å². The Morgan fingerprint density at radius 3 is 0.559 bits per heavy atom. The Labute approximate surface area is 338 Å². The molecule has 12 nitrogen and oxygen atoms in total. The van der Waals surface area contributed by atoms with Crippen molar-refractivity contribution in [3.8, 4) is 72.8 Å². The van der Waals surface area contributed by atoms with Crippen molar-refractivity contribution in [3.05, 3.63) is 106 Å². The van der Waals surface area contributed by atoms with Gasteiger partial charge in [0.1, 0.15) is 0 Å². The van der Waals surface area contributed by atoms with Crippen LogP contribution in [0.25, 0.3) is 0 Å². The van der Waals surface area contributed by atoms with E-state index in [1.807, 2.05) is 72.8 Å². The first-order valence-corrected chi connectivity index (χ1v) is 20.5. The van der Waals surface area contributed by atoms with Crippen LogP contribution in [-0.2, 0) is 0 Å². The van der Waals surface area contributed by atoms with Crippen molar-refractivity contribution in [1.29, 1.82) is 63.1 Å². The van der Waals surface area contributed by atoms with Crippen molar-refractivity contribution < 1.29 is 4.11 Å². The second-order valence-corrected chi connectivity index (χ2v) is 20.0. The molecule has 0 saturated heterocycles. The molecule has 0 radical (unpaired) electrons. The number of hydrogen-bond donors (Lipinski definition) is 0. The first-order valence-electron chi connectivity index (χ1n) is 18.4. The predicted molar refractivity (Wildman–Crippen MR) is 196 cm³/mol. The number of halogens is 1. The van der Waals surface area contributed by atoms with Gasteiger partial charge < -0.3 is 4.11 Å². The molecule has 0 aromatic heterocycles. The van der Waals surface area contributed by atoms with Crippen LogP contribution >= 0.6 is 0 Å². The Morgan fingerprint density at radius 1 is 0.305 bits per heavy atom. The molecule has 6 aliphatic carbocycles. The highest BCUT2D eigenvalue weighted by molar-refractivity contribution is 6.79. The molecule has 272 valence electrons. The molecule has 0 N–H and O–H groups in total. The van der Waals surface area contributed by atoms with E-state index in [1.54, 1.807) is 72.8 Å². The van der Waals surface area contributed by atoms with E-state index in [2.05, 4.69) is 0 Å². The molecule has 0 aliphatic heterocycles. The van der Waals surface area contributed by atoms with Gasteiger partial charge in [0.05, 0.1) is 72.8 Å². The van der Waals surface area contributed by atoms with Crippen molar-refractivity contribution in [2.24, 2.45) is 32.5 Å². The number of rotatable bonds is 3. The maximum atomic E-state index is 21.7. The summed E-state index contributed by atoms with van der Waals surface area (Å²) >= 11 is 0. The van der Waals surface area contributed by atoms with Gasteiger partial charge in [-0.05, 0) is 33.4 Å². The van der Waals surface area contributed by atoms with Gasteiger partial charge in [0.25, 0.3) is 8.41 Å². The summed E-state index contributed by atoms with van der Waals surface area (Å²) < 4.78 is 21.7. The van der Waals surface area contributed by atoms with E-state index in [1.165, 1.54) is 0 Å². The maximum Gasteiger partial charge on any atom is 0.260 e. The van der Waals surface area contributed by atoms with Crippen LogP contribution in [0.5, 0.6) is 0 Å². The molecule has 9 atom stereocenters. The highest BCUT2D eigenvalue weighted by atomic mass is 28.4. The number of fused-ring (bicyclic) bond motifs is 15. The molecule has 14 heteroatoms. The normalized spacial score (nSPS) is 32.4. The smallest absolute Gasteiger partial charge is 0.260 e. The number of nitriles is 12. The quantitative estimate of drug-likeness (QED) is 0.194. The van der Waals surface area contributed by atoms with Crippen LogP contribution < -0.4 is 0 Å². The molecular weight excluding hydrogens is 756 g/mol. The van der Waals surface area contributed by atoms with Gasteiger partial charge in [0.15, 0.2) is 32.5 Å². The highest BCUT2D eigenvalue weighted by Crippen LogP contribution is 2.90. The lowest BCUT2D eigenvalue weighted by Gasteiger charge is -2.45. The average molecular weight is 777 g/mol. The summed E-state index contributed by atoms with van der Waals surface area (Å²) in [4.78, 5) is 0. The van der Waals surface area contributed by atoms with Crippen LogP contribution in [0.2, 0.25) is 16.6 Å². The fraction of sp³-hybridized carbons (Fsp3) is 0.333. The van der Waals surface area contributed by atoms with Gasteiger partial charge in [-0.15, -0.1) is 0 Å². The minimum absolute atomic E-state index is 0.296. The van der Waals surface area contributed by atoms with Gasteiger partial charge in [0.2, 0.25) is 0 Å². The third-order valence-electron chi connectivity index (χ3n) is 15.5. The molecule has 6 bridgehead atoms. The fourth-order valence-corrected chi connectivity index (χ4v) is 20.7. The van der Waals surface area contributed by atoms with Crippen molar-refractivity contribution in [3.63, 3.8) is 0 Å². The van der Waals surface area contributed by atoms with E-state index in [-0.39, 0.29) is 0 Å². The second kappa shape index (κ2) is 11.2. The summed E-state index contributed by atoms with van der Waals surface area (Å²) in [6, 6.07) is 42.7. The Kier molecular flexibility index (Phi) is 6.88. The average Bonchev–Trinajstić information content (AvgIpc) is 4.10. The SMILES string of the molecule is N#CC1(C#N)[C@@H]2c3ccccc3[C@@H](C2[Si](F)(C2[C@H]3c4ccccc4[C@@H]2C(C#N)(C#N)C3(C#N)C#N)C2[C@H]3c4ccccc4[C@@H]2C(C#N)(C#N)C3(C#N)C#N)C1(C#N)C#N. The lowest BCUT2D eigenvalue weighted by molar-refractivity contribution is 0.293. The monoisotopic (exact) mass is 776 g/mol. The Balaban J connectivity index is 1.50. The van der Waals surface area contributed by atoms with E-state index in [0.29, 0.717) is 33.4 Å². The molecule has 3 aromatic carbocycles. The third kappa shape index (κ3) is 3.14. The van der Waals surface area contributed by atoms with E-state index < -0.39 is 93.0 Å². The summed E-state index contributed by atoms with van der Waals surface area (Å²) in [6.07, 6.45) is 0. The van der Waals surface area contributed by atoms with Gasteiger partial charge in [-0.3, -0.25) is 0 Å². The molecular formula is C45H21FN12Si. The third-order valence-corrected chi connectivity index (χ3v) is 20.5. The van der Waals surface area contributed by atoms with Gasteiger partial charge >= 0.3 is 0 Å². The molecule has 3 aromatic rings. The minimum atomic E-state index is -5.78. The zero-order chi connectivity index (χ0) is 42.1. The summed E-state index contributed by atoms with van der Waals surface area (Å²) in [5, 5.41) is 133. The standard InChI is InChI=1S/C45H21FN12Si/c46-59(37-31-25-7-1-2-8-26(25)32(37)41(15-49,16-50)40(31,13-47)14-48,38-33-27-9-3-4-10-28(27)34(38)43(19-53,20-54)42(33,17-51)18-52)39-35-29-11-5-6-12-30(29)36(39)45(23-57,24-58)44(35,21-55)22-56/h1-12,31-39H/t31-,32+,33-,34+,35-,36+,37?,38?,39?,59?. The molecule has 6 aliphatic rings. The van der Waals surface area contributed by atoms with Crippen LogP contribution in [0.4, 0.5) is 4.11 Å². The molecule has 0 heterocycles. The van der Waals surface area contributed by atoms with E-state index in [9.17, 15) is 63.1 Å². The van der Waals surface area contributed by atoms with Gasteiger partial charge in [-0.25, -0.2) is 0 Å². The van der Waals surface area contributed by atoms with Gasteiger partial charge in [-0.2, -0.15) is 63.1 Å². The van der Waals surface area contributed by atoms with E-state index in [4.69, 9.17) is 0 Å². The number of benzene rings is 3. The van der Waals surface area contributed by atoms with E-state index in [0.717, 1.165) is 0 Å². The Morgan fingerprint density at radius 2 is 0.441 bits per heavy atom. The molecule has 3 unspecified atom stereocenters. The van der Waals surface area contributed by atoms with E-state index >= 15 is 4.11 Å². The molecule has 9 rings (SSSR count). The number of hydrogen-bond acceptors (Lipinski definition) is 12. The topological polar surface area (TPSA) is 285 Å². The summed E-state index contributed by atoms with van der Waals surface area (Å²) in [5.41, 5.74) is -18.4. The maximum absolute atomic E-state index is 21.7. The summed E-state index contributed by atoms with van der Waals surface area (Å²) in [7, 11) is -5.78. The first kappa shape index (κ1) is 36.3. The Bertz CT molecular complexity index is 2450. The van der Waals surface area contributed by atoms with Gasteiger partial charge in [-0.1, -0.05) is 72.8 Å². The lowest BCUT2D eigenvalue weighted by atomic mass is 9.57. The summed E-state index contributed by atoms with van der Waals surface area (Å²) in [5.74, 6) is -9.28. The summed E-state index contributed by atoms with van der Waals surface area (Å²) in [6.45, 7) is 0. The molecule has 0 amide bonds. The lowest BCUT2D eigenvalue weighted by Crippen LogP contribution is -2.50. The fourth-order valence-electron chi connectivity index (χ4n) is 13.7. The molecule has 59 heavy (non-hydrogen) atoms. The van der Waals surface area contributed by atoms with Crippen LogP contribution in [0, 0.1) is 168 Å². The van der Waals surface area contributed by atoms with Crippen molar-refractivity contribution in [2.45, 2.75) is 52.1 Å². The number of nitrogens with zero attached hydrogens (tertiary/aromatic N) is 12. The predicted octanol–water partition coefficient (Wildman–Crippen LogP) is 6.90. The zero-order valence-corrected chi connectivity index (χ0v) is 31.4. The Hall–Kier alpha value is -8.31. The largest absolute Gasteiger partial charge is 0.313 e. The van der Waals surface area contributed by atoms with Crippen LogP contribution in [0.1, 0.15) is 68.9 Å². The zero-order valence-electron chi connectivity index (χ0n) is 30.4. The van der Waals surface area contributed by atoms with Crippen LogP contribution in [0.3, 0.4) is 0 Å². The van der Waals surface area contributed by atoms with Crippen molar-refractivity contribution >= 4 is 8.41 Å². The van der Waals surface area contributed by atoms with Crippen LogP contribution in [-0.4, -0.2) is 8.41 Å². The molecule has 0 spiro atoms. The van der Waals surface area contributed by atoms with Crippen LogP contribution in [0.15, 0.2) is 72.8 Å². The molecule has 3 saturated carbocycles. The van der Waals surface area contributed by atoms with Crippen molar-refractivity contribution in [1.82, 2.24) is 0 Å².